The van der Waals surface area contributed by atoms with Crippen molar-refractivity contribution in [2.75, 3.05) is 6.61 Å². The largest absolute Gasteiger partial charge is 0.378 e. The Labute approximate surface area is 157 Å². The Morgan fingerprint density at radius 3 is 1.52 bits per heavy atom. The zero-order chi connectivity index (χ0) is 17.8. The van der Waals surface area contributed by atoms with Gasteiger partial charge >= 0.3 is 0 Å². The molecule has 1 aliphatic carbocycles. The van der Waals surface area contributed by atoms with E-state index in [-0.39, 0.29) is 0 Å². The molecular formula is C23H43NO. The summed E-state index contributed by atoms with van der Waals surface area (Å²) in [7, 11) is 0. The van der Waals surface area contributed by atoms with Gasteiger partial charge in [-0.3, -0.25) is 0 Å². The molecule has 0 amide bonds. The molecule has 0 spiro atoms. The standard InChI is InChI=1S/C23H43NO/c24-21-17-13-10-14-18-22-25-23-19-15-11-8-6-4-2-1-3-5-7-9-12-16-20-23/h23H,1-20,22H2. The number of nitriles is 1. The average molecular weight is 350 g/mol. The van der Waals surface area contributed by atoms with Crippen LogP contribution in [0.1, 0.15) is 128 Å². The van der Waals surface area contributed by atoms with E-state index in [1.165, 1.54) is 116 Å². The maximum Gasteiger partial charge on any atom is 0.0621 e. The maximum absolute atomic E-state index is 8.56. The van der Waals surface area contributed by atoms with Crippen molar-refractivity contribution in [1.29, 1.82) is 5.26 Å². The summed E-state index contributed by atoms with van der Waals surface area (Å²) in [5.74, 6) is 0. The Morgan fingerprint density at radius 1 is 0.600 bits per heavy atom. The normalized spacial score (nSPS) is 20.1. The van der Waals surface area contributed by atoms with Crippen molar-refractivity contribution in [2.24, 2.45) is 0 Å². The Morgan fingerprint density at radius 2 is 1.04 bits per heavy atom. The van der Waals surface area contributed by atoms with E-state index in [4.69, 9.17) is 10.00 Å². The molecule has 2 heteroatoms. The smallest absolute Gasteiger partial charge is 0.0621 e. The van der Waals surface area contributed by atoms with Gasteiger partial charge in [-0.15, -0.1) is 0 Å². The van der Waals surface area contributed by atoms with Crippen molar-refractivity contribution in [3.8, 4) is 6.07 Å². The van der Waals surface area contributed by atoms with Gasteiger partial charge in [0.05, 0.1) is 12.2 Å². The van der Waals surface area contributed by atoms with Crippen LogP contribution in [0.2, 0.25) is 0 Å². The number of nitrogens with zero attached hydrogens (tertiary/aromatic N) is 1. The van der Waals surface area contributed by atoms with Crippen LogP contribution < -0.4 is 0 Å². The lowest BCUT2D eigenvalue weighted by Gasteiger charge is -2.18. The third-order valence-corrected chi connectivity index (χ3v) is 5.59. The summed E-state index contributed by atoms with van der Waals surface area (Å²) in [6.45, 7) is 0.928. The van der Waals surface area contributed by atoms with E-state index < -0.39 is 0 Å². The molecule has 0 saturated heterocycles. The fourth-order valence-electron chi connectivity index (χ4n) is 3.91. The topological polar surface area (TPSA) is 33.0 Å². The minimum absolute atomic E-state index is 0.506. The summed E-state index contributed by atoms with van der Waals surface area (Å²) >= 11 is 0. The van der Waals surface area contributed by atoms with Crippen molar-refractivity contribution in [2.45, 2.75) is 135 Å². The number of hydrogen-bond acceptors (Lipinski definition) is 2. The van der Waals surface area contributed by atoms with Gasteiger partial charge in [-0.05, 0) is 25.7 Å². The van der Waals surface area contributed by atoms with Gasteiger partial charge in [0.15, 0.2) is 0 Å². The first-order chi connectivity index (χ1) is 12.4. The highest BCUT2D eigenvalue weighted by Gasteiger charge is 2.09. The molecule has 1 rings (SSSR count). The molecule has 0 aromatic heterocycles. The third-order valence-electron chi connectivity index (χ3n) is 5.59. The van der Waals surface area contributed by atoms with E-state index in [2.05, 4.69) is 6.07 Å². The van der Waals surface area contributed by atoms with Gasteiger partial charge in [0, 0.05) is 13.0 Å². The zero-order valence-corrected chi connectivity index (χ0v) is 16.8. The van der Waals surface area contributed by atoms with Crippen LogP contribution in [-0.2, 0) is 4.74 Å². The molecule has 0 bridgehead atoms. The fourth-order valence-corrected chi connectivity index (χ4v) is 3.91. The summed E-state index contributed by atoms with van der Waals surface area (Å²) in [6, 6.07) is 2.23. The molecule has 1 aliphatic rings. The Balaban J connectivity index is 2.15. The lowest BCUT2D eigenvalue weighted by Crippen LogP contribution is -2.14. The summed E-state index contributed by atoms with van der Waals surface area (Å²) in [4.78, 5) is 0. The molecule has 146 valence electrons. The molecule has 25 heavy (non-hydrogen) atoms. The number of rotatable bonds is 7. The lowest BCUT2D eigenvalue weighted by atomic mass is 10.00. The van der Waals surface area contributed by atoms with Crippen LogP contribution in [0.4, 0.5) is 0 Å². The van der Waals surface area contributed by atoms with Crippen LogP contribution in [0.15, 0.2) is 0 Å². The highest BCUT2D eigenvalue weighted by molar-refractivity contribution is 4.67. The molecule has 0 N–H and O–H groups in total. The number of unbranched alkanes of at least 4 members (excludes halogenated alkanes) is 4. The first-order valence-electron chi connectivity index (χ1n) is 11.4. The predicted molar refractivity (Wildman–Crippen MR) is 108 cm³/mol. The SMILES string of the molecule is N#CCCCCCCOC1CCCCCCCCCCCCCCC1. The van der Waals surface area contributed by atoms with Crippen LogP contribution in [0.3, 0.4) is 0 Å². The summed E-state index contributed by atoms with van der Waals surface area (Å²) < 4.78 is 6.23. The number of ether oxygens (including phenoxy) is 1. The summed E-state index contributed by atoms with van der Waals surface area (Å²) in [5.41, 5.74) is 0. The zero-order valence-electron chi connectivity index (χ0n) is 16.8. The molecule has 0 aliphatic heterocycles. The maximum atomic E-state index is 8.56. The molecule has 0 atom stereocenters. The molecule has 0 heterocycles. The molecule has 1 fully saturated rings. The molecule has 0 radical (unpaired) electrons. The van der Waals surface area contributed by atoms with Crippen molar-refractivity contribution in [1.82, 2.24) is 0 Å². The summed E-state index contributed by atoms with van der Waals surface area (Å²) in [5, 5.41) is 8.56. The van der Waals surface area contributed by atoms with Crippen LogP contribution in [0.5, 0.6) is 0 Å². The second-order valence-electron chi connectivity index (χ2n) is 7.99. The number of hydrogen-bond donors (Lipinski definition) is 0. The third kappa shape index (κ3) is 15.4. The Hall–Kier alpha value is -0.550. The van der Waals surface area contributed by atoms with Gasteiger partial charge in [-0.2, -0.15) is 5.26 Å². The molecule has 2 nitrogen and oxygen atoms in total. The molecule has 1 saturated carbocycles. The summed E-state index contributed by atoms with van der Waals surface area (Å²) in [6.07, 6.45) is 26.9. The second-order valence-corrected chi connectivity index (χ2v) is 7.99. The van der Waals surface area contributed by atoms with Crippen LogP contribution >= 0.6 is 0 Å². The van der Waals surface area contributed by atoms with Crippen molar-refractivity contribution < 1.29 is 4.74 Å². The van der Waals surface area contributed by atoms with E-state index in [9.17, 15) is 0 Å². The van der Waals surface area contributed by atoms with Crippen molar-refractivity contribution in [3.63, 3.8) is 0 Å². The first-order valence-corrected chi connectivity index (χ1v) is 11.4. The van der Waals surface area contributed by atoms with Crippen molar-refractivity contribution in [3.05, 3.63) is 0 Å². The fraction of sp³-hybridized carbons (Fsp3) is 0.957. The average Bonchev–Trinajstić information content (AvgIpc) is 2.62. The van der Waals surface area contributed by atoms with E-state index in [1.807, 2.05) is 0 Å². The second kappa shape index (κ2) is 18.2. The molecule has 0 aromatic carbocycles. The van der Waals surface area contributed by atoms with Gasteiger partial charge in [0.25, 0.3) is 0 Å². The van der Waals surface area contributed by atoms with Gasteiger partial charge in [-0.25, -0.2) is 0 Å². The molecule has 0 aromatic rings. The highest BCUT2D eigenvalue weighted by Crippen LogP contribution is 2.19. The van der Waals surface area contributed by atoms with E-state index in [0.717, 1.165) is 13.0 Å². The first kappa shape index (κ1) is 22.5. The van der Waals surface area contributed by atoms with Crippen LogP contribution in [-0.4, -0.2) is 12.7 Å². The van der Waals surface area contributed by atoms with E-state index in [0.29, 0.717) is 12.5 Å². The van der Waals surface area contributed by atoms with Crippen LogP contribution in [0, 0.1) is 11.3 Å². The van der Waals surface area contributed by atoms with E-state index >= 15 is 0 Å². The monoisotopic (exact) mass is 349 g/mol. The minimum Gasteiger partial charge on any atom is -0.378 e. The lowest BCUT2D eigenvalue weighted by molar-refractivity contribution is 0.0357. The van der Waals surface area contributed by atoms with Gasteiger partial charge in [0.2, 0.25) is 0 Å². The molecular weight excluding hydrogens is 306 g/mol. The highest BCUT2D eigenvalue weighted by atomic mass is 16.5. The Bertz CT molecular complexity index is 294. The molecule has 0 unspecified atom stereocenters. The van der Waals surface area contributed by atoms with Gasteiger partial charge in [0.1, 0.15) is 0 Å². The van der Waals surface area contributed by atoms with Gasteiger partial charge in [-0.1, -0.05) is 96.3 Å². The van der Waals surface area contributed by atoms with Crippen molar-refractivity contribution >= 4 is 0 Å². The Kier molecular flexibility index (Phi) is 16.4. The minimum atomic E-state index is 0.506. The quantitative estimate of drug-likeness (QED) is 0.441. The van der Waals surface area contributed by atoms with E-state index in [1.54, 1.807) is 0 Å². The van der Waals surface area contributed by atoms with Gasteiger partial charge < -0.3 is 4.74 Å². The van der Waals surface area contributed by atoms with Crippen LogP contribution in [0.25, 0.3) is 0 Å². The predicted octanol–water partition coefficient (Wildman–Crippen LogP) is 7.71.